The number of benzene rings is 1. The summed E-state index contributed by atoms with van der Waals surface area (Å²) in [5, 5.41) is 0.167. The minimum absolute atomic E-state index is 0.00687. The molecule has 1 aromatic carbocycles. The van der Waals surface area contributed by atoms with Crippen molar-refractivity contribution in [2.45, 2.75) is 36.7 Å². The number of aromatic nitrogens is 4. The molecule has 9 nitrogen and oxygen atoms in total. The average Bonchev–Trinajstić information content (AvgIpc) is 3.22. The van der Waals surface area contributed by atoms with Crippen molar-refractivity contribution in [1.82, 2.24) is 23.4 Å². The highest BCUT2D eigenvalue weighted by molar-refractivity contribution is 7.89. The fourth-order valence-electron chi connectivity index (χ4n) is 3.16. The third kappa shape index (κ3) is 3.08. The molecule has 0 atom stereocenters. The Balaban J connectivity index is 1.89. The Kier molecular flexibility index (Phi) is 4.09. The lowest BCUT2D eigenvalue weighted by Gasteiger charge is -2.15. The normalized spacial score (nSPS) is 15.8. The van der Waals surface area contributed by atoms with E-state index in [0.717, 1.165) is 17.4 Å². The molecule has 0 aliphatic heterocycles. The van der Waals surface area contributed by atoms with Gasteiger partial charge < -0.3 is 4.57 Å². The molecule has 1 aliphatic rings. The van der Waals surface area contributed by atoms with Crippen LogP contribution < -0.4 is 16.0 Å². The van der Waals surface area contributed by atoms with E-state index >= 15 is 0 Å². The van der Waals surface area contributed by atoms with Crippen LogP contribution in [0.1, 0.15) is 25.6 Å². The first kappa shape index (κ1) is 18.6. The number of nitrogens with one attached hydrogen (secondary N) is 1. The summed E-state index contributed by atoms with van der Waals surface area (Å²) in [5.41, 5.74) is -1.08. The monoisotopic (exact) mass is 403 g/mol. The van der Waals surface area contributed by atoms with Gasteiger partial charge in [-0.3, -0.25) is 13.9 Å². The van der Waals surface area contributed by atoms with Crippen LogP contribution in [0.2, 0.25) is 0 Å². The molecule has 4 rings (SSSR count). The number of sulfonamides is 1. The highest BCUT2D eigenvalue weighted by Crippen LogP contribution is 2.36. The first-order valence-corrected chi connectivity index (χ1v) is 10.3. The minimum atomic E-state index is -3.76. The fraction of sp³-hybridized carbons (Fsp3) is 0.389. The van der Waals surface area contributed by atoms with Gasteiger partial charge in [-0.05, 0) is 38.0 Å². The molecule has 2 aromatic heterocycles. The molecule has 0 unspecified atom stereocenters. The molecular formula is C18H21N5O4S. The lowest BCUT2D eigenvalue weighted by atomic mass is 10.2. The van der Waals surface area contributed by atoms with Gasteiger partial charge in [0, 0.05) is 32.0 Å². The molecule has 0 radical (unpaired) electrons. The second-order valence-corrected chi connectivity index (χ2v) is 9.21. The molecule has 1 saturated carbocycles. The second-order valence-electron chi connectivity index (χ2n) is 7.53. The summed E-state index contributed by atoms with van der Waals surface area (Å²) in [6.45, 7) is 2.00. The standard InChI is InChI=1S/C18H21N5O4S/c1-18(6-7-18)20-28(26,27)12-4-5-14-13(10-12)16(24)22(3)17(25)23(14)11-15-19-8-9-21(15)2/h4-5,8-10,20H,6-7,11H2,1-3H3. The lowest BCUT2D eigenvalue weighted by Crippen LogP contribution is -2.39. The summed E-state index contributed by atoms with van der Waals surface area (Å²) in [5.74, 6) is 0.641. The summed E-state index contributed by atoms with van der Waals surface area (Å²) in [7, 11) is -0.568. The zero-order chi connectivity index (χ0) is 20.3. The van der Waals surface area contributed by atoms with E-state index in [1.807, 2.05) is 14.0 Å². The highest BCUT2D eigenvalue weighted by atomic mass is 32.2. The highest BCUT2D eigenvalue weighted by Gasteiger charge is 2.41. The second kappa shape index (κ2) is 6.14. The van der Waals surface area contributed by atoms with Gasteiger partial charge in [-0.25, -0.2) is 22.9 Å². The van der Waals surface area contributed by atoms with E-state index in [4.69, 9.17) is 0 Å². The molecule has 0 spiro atoms. The van der Waals surface area contributed by atoms with E-state index in [-0.39, 0.29) is 16.8 Å². The SMILES string of the molecule is Cn1ccnc1Cn1c(=O)n(C)c(=O)c2cc(S(=O)(=O)NC3(C)CC3)ccc21. The zero-order valence-electron chi connectivity index (χ0n) is 15.8. The van der Waals surface area contributed by atoms with Crippen molar-refractivity contribution in [3.8, 4) is 0 Å². The first-order chi connectivity index (χ1) is 13.1. The molecule has 148 valence electrons. The van der Waals surface area contributed by atoms with Crippen LogP contribution in [0.4, 0.5) is 0 Å². The van der Waals surface area contributed by atoms with E-state index in [1.165, 1.54) is 29.8 Å². The van der Waals surface area contributed by atoms with E-state index in [1.54, 1.807) is 17.0 Å². The van der Waals surface area contributed by atoms with Crippen LogP contribution in [0.25, 0.3) is 10.9 Å². The average molecular weight is 403 g/mol. The van der Waals surface area contributed by atoms with Crippen molar-refractivity contribution in [1.29, 1.82) is 0 Å². The largest absolute Gasteiger partial charge is 0.337 e. The summed E-state index contributed by atoms with van der Waals surface area (Å²) in [4.78, 5) is 29.6. The number of hydrogen-bond donors (Lipinski definition) is 1. The molecule has 0 saturated heterocycles. The van der Waals surface area contributed by atoms with Crippen molar-refractivity contribution in [2.75, 3.05) is 0 Å². The zero-order valence-corrected chi connectivity index (χ0v) is 16.7. The fourth-order valence-corrected chi connectivity index (χ4v) is 4.65. The van der Waals surface area contributed by atoms with Gasteiger partial charge in [0.15, 0.2) is 0 Å². The Morgan fingerprint density at radius 2 is 1.93 bits per heavy atom. The smallest absolute Gasteiger partial charge is 0.331 e. The number of rotatable bonds is 5. The van der Waals surface area contributed by atoms with E-state index in [0.29, 0.717) is 11.3 Å². The van der Waals surface area contributed by atoms with Crippen LogP contribution >= 0.6 is 0 Å². The van der Waals surface area contributed by atoms with Gasteiger partial charge in [0.2, 0.25) is 10.0 Å². The van der Waals surface area contributed by atoms with Gasteiger partial charge in [0.25, 0.3) is 5.56 Å². The Labute approximate surface area is 161 Å². The van der Waals surface area contributed by atoms with Crippen molar-refractivity contribution < 1.29 is 8.42 Å². The molecule has 10 heteroatoms. The summed E-state index contributed by atoms with van der Waals surface area (Å²) < 4.78 is 32.2. The molecule has 28 heavy (non-hydrogen) atoms. The third-order valence-corrected chi connectivity index (χ3v) is 6.86. The maximum Gasteiger partial charge on any atom is 0.331 e. The number of aryl methyl sites for hydroxylation is 1. The lowest BCUT2D eigenvalue weighted by molar-refractivity contribution is 0.558. The van der Waals surface area contributed by atoms with Gasteiger partial charge in [0.1, 0.15) is 5.82 Å². The van der Waals surface area contributed by atoms with Crippen LogP contribution in [0.15, 0.2) is 45.1 Å². The predicted molar refractivity (Wildman–Crippen MR) is 104 cm³/mol. The van der Waals surface area contributed by atoms with Crippen LogP contribution in [-0.4, -0.2) is 32.6 Å². The Morgan fingerprint density at radius 1 is 1.21 bits per heavy atom. The van der Waals surface area contributed by atoms with E-state index < -0.39 is 26.8 Å². The Hall–Kier alpha value is -2.72. The Bertz CT molecular complexity index is 1310. The quantitative estimate of drug-likeness (QED) is 0.660. The summed E-state index contributed by atoms with van der Waals surface area (Å²) >= 11 is 0. The van der Waals surface area contributed by atoms with Gasteiger partial charge in [-0.2, -0.15) is 0 Å². The van der Waals surface area contributed by atoms with E-state index in [2.05, 4.69) is 9.71 Å². The number of nitrogens with zero attached hydrogens (tertiary/aromatic N) is 4. The molecule has 1 fully saturated rings. The van der Waals surface area contributed by atoms with Crippen LogP contribution in [0, 0.1) is 0 Å². The molecule has 0 amide bonds. The molecule has 1 aliphatic carbocycles. The van der Waals surface area contributed by atoms with Crippen molar-refractivity contribution in [2.24, 2.45) is 14.1 Å². The Morgan fingerprint density at radius 3 is 2.54 bits per heavy atom. The van der Waals surface area contributed by atoms with Crippen LogP contribution in [-0.2, 0) is 30.7 Å². The molecule has 3 aromatic rings. The number of imidazole rings is 1. The van der Waals surface area contributed by atoms with Gasteiger partial charge in [0.05, 0.1) is 22.3 Å². The first-order valence-electron chi connectivity index (χ1n) is 8.85. The van der Waals surface area contributed by atoms with Gasteiger partial charge >= 0.3 is 5.69 Å². The predicted octanol–water partition coefficient (Wildman–Crippen LogP) is 0.313. The third-order valence-electron chi connectivity index (χ3n) is 5.22. The maximum atomic E-state index is 12.7. The van der Waals surface area contributed by atoms with Crippen LogP contribution in [0.5, 0.6) is 0 Å². The van der Waals surface area contributed by atoms with Crippen LogP contribution in [0.3, 0.4) is 0 Å². The topological polar surface area (TPSA) is 108 Å². The number of fused-ring (bicyclic) bond motifs is 1. The van der Waals surface area contributed by atoms with Crippen molar-refractivity contribution in [3.63, 3.8) is 0 Å². The summed E-state index contributed by atoms with van der Waals surface area (Å²) in [6.07, 6.45) is 4.95. The number of hydrogen-bond acceptors (Lipinski definition) is 5. The van der Waals surface area contributed by atoms with Crippen molar-refractivity contribution in [3.05, 3.63) is 57.3 Å². The van der Waals surface area contributed by atoms with E-state index in [9.17, 15) is 18.0 Å². The molecule has 2 heterocycles. The van der Waals surface area contributed by atoms with Gasteiger partial charge in [-0.1, -0.05) is 0 Å². The summed E-state index contributed by atoms with van der Waals surface area (Å²) in [6, 6.07) is 4.26. The van der Waals surface area contributed by atoms with Crippen molar-refractivity contribution >= 4 is 20.9 Å². The molecule has 0 bridgehead atoms. The molecular weight excluding hydrogens is 382 g/mol. The molecule has 1 N–H and O–H groups in total. The maximum absolute atomic E-state index is 12.7. The van der Waals surface area contributed by atoms with Gasteiger partial charge in [-0.15, -0.1) is 0 Å². The minimum Gasteiger partial charge on any atom is -0.337 e.